The highest BCUT2D eigenvalue weighted by molar-refractivity contribution is 6.40. The van der Waals surface area contributed by atoms with E-state index in [1.807, 2.05) is 26.0 Å². The zero-order valence-electron chi connectivity index (χ0n) is 9.56. The second-order valence-corrected chi connectivity index (χ2v) is 4.72. The number of pyridine rings is 1. The highest BCUT2D eigenvalue weighted by Gasteiger charge is 2.12. The van der Waals surface area contributed by atoms with Gasteiger partial charge in [0.2, 0.25) is 0 Å². The van der Waals surface area contributed by atoms with Crippen LogP contribution in [0.2, 0.25) is 10.0 Å². The molecule has 0 saturated carbocycles. The fraction of sp³-hybridized carbons (Fsp3) is 0.308. The summed E-state index contributed by atoms with van der Waals surface area (Å²) in [6, 6.07) is 3.85. The number of aromatic nitrogens is 1. The van der Waals surface area contributed by atoms with Gasteiger partial charge in [0.25, 0.3) is 0 Å². The molecule has 0 bridgehead atoms. The van der Waals surface area contributed by atoms with Crippen molar-refractivity contribution in [3.05, 3.63) is 39.0 Å². The summed E-state index contributed by atoms with van der Waals surface area (Å²) in [4.78, 5) is 4.60. The molecular weight excluding hydrogens is 241 g/mol. The molecule has 0 aliphatic rings. The molecule has 84 valence electrons. The Morgan fingerprint density at radius 1 is 1.19 bits per heavy atom. The van der Waals surface area contributed by atoms with Gasteiger partial charge in [-0.25, -0.2) is 0 Å². The van der Waals surface area contributed by atoms with Crippen LogP contribution in [-0.2, 0) is 6.42 Å². The number of hydrogen-bond donors (Lipinski definition) is 0. The molecule has 0 radical (unpaired) electrons. The Kier molecular flexibility index (Phi) is 3.09. The third-order valence-electron chi connectivity index (χ3n) is 2.90. The van der Waals surface area contributed by atoms with Gasteiger partial charge in [-0.15, -0.1) is 0 Å². The molecule has 1 aromatic heterocycles. The molecule has 0 saturated heterocycles. The van der Waals surface area contributed by atoms with Gasteiger partial charge in [-0.1, -0.05) is 36.2 Å². The minimum Gasteiger partial charge on any atom is -0.251 e. The first kappa shape index (κ1) is 11.7. The number of hydrogen-bond acceptors (Lipinski definition) is 1. The smallest absolute Gasteiger partial charge is 0.0909 e. The van der Waals surface area contributed by atoms with Crippen molar-refractivity contribution in [2.45, 2.75) is 27.2 Å². The Morgan fingerprint density at radius 2 is 1.88 bits per heavy atom. The van der Waals surface area contributed by atoms with Gasteiger partial charge < -0.3 is 0 Å². The van der Waals surface area contributed by atoms with E-state index in [0.29, 0.717) is 5.02 Å². The molecule has 0 atom stereocenters. The van der Waals surface area contributed by atoms with Gasteiger partial charge in [0, 0.05) is 11.1 Å². The van der Waals surface area contributed by atoms with Crippen LogP contribution in [0, 0.1) is 13.8 Å². The van der Waals surface area contributed by atoms with E-state index >= 15 is 0 Å². The summed E-state index contributed by atoms with van der Waals surface area (Å²) in [5, 5.41) is 2.42. The van der Waals surface area contributed by atoms with Gasteiger partial charge in [0.05, 0.1) is 15.6 Å². The average molecular weight is 254 g/mol. The lowest BCUT2D eigenvalue weighted by Crippen LogP contribution is -1.96. The van der Waals surface area contributed by atoms with Crippen LogP contribution in [0.1, 0.15) is 23.7 Å². The Hall–Kier alpha value is -0.790. The number of aryl methyl sites for hydroxylation is 2. The molecule has 1 heterocycles. The number of halogens is 2. The van der Waals surface area contributed by atoms with E-state index in [0.717, 1.165) is 39.2 Å². The van der Waals surface area contributed by atoms with Crippen LogP contribution in [0.4, 0.5) is 0 Å². The summed E-state index contributed by atoms with van der Waals surface area (Å²) in [6.45, 7) is 6.10. The summed E-state index contributed by atoms with van der Waals surface area (Å²) in [5.41, 5.74) is 4.00. The molecule has 0 N–H and O–H groups in total. The van der Waals surface area contributed by atoms with Crippen LogP contribution in [0.3, 0.4) is 0 Å². The maximum atomic E-state index is 6.39. The summed E-state index contributed by atoms with van der Waals surface area (Å²) >= 11 is 12.5. The molecular formula is C13H13Cl2N. The van der Waals surface area contributed by atoms with E-state index in [-0.39, 0.29) is 0 Å². The Morgan fingerprint density at radius 3 is 2.50 bits per heavy atom. The van der Waals surface area contributed by atoms with Gasteiger partial charge in [0.15, 0.2) is 0 Å². The van der Waals surface area contributed by atoms with Gasteiger partial charge in [-0.2, -0.15) is 0 Å². The SMILES string of the molecule is CCc1nc2c(Cl)ccc(C)c2c(Cl)c1C. The molecule has 0 aliphatic heterocycles. The van der Waals surface area contributed by atoms with E-state index in [2.05, 4.69) is 11.9 Å². The van der Waals surface area contributed by atoms with Crippen LogP contribution in [0.25, 0.3) is 10.9 Å². The Bertz CT molecular complexity index is 562. The first-order chi connectivity index (χ1) is 7.56. The van der Waals surface area contributed by atoms with Crippen LogP contribution < -0.4 is 0 Å². The standard InChI is InChI=1S/C13H13Cl2N/c1-4-10-8(3)12(15)11-7(2)5-6-9(14)13(11)16-10/h5-6H,4H2,1-3H3. The van der Waals surface area contributed by atoms with E-state index in [4.69, 9.17) is 23.2 Å². The molecule has 16 heavy (non-hydrogen) atoms. The van der Waals surface area contributed by atoms with E-state index in [9.17, 15) is 0 Å². The molecule has 0 aliphatic carbocycles. The van der Waals surface area contributed by atoms with Gasteiger partial charge >= 0.3 is 0 Å². The summed E-state index contributed by atoms with van der Waals surface area (Å²) in [6.07, 6.45) is 0.867. The maximum absolute atomic E-state index is 6.39. The molecule has 0 unspecified atom stereocenters. The van der Waals surface area contributed by atoms with E-state index in [1.165, 1.54) is 0 Å². The van der Waals surface area contributed by atoms with Crippen LogP contribution in [0.5, 0.6) is 0 Å². The van der Waals surface area contributed by atoms with Crippen LogP contribution in [0.15, 0.2) is 12.1 Å². The number of rotatable bonds is 1. The predicted octanol–water partition coefficient (Wildman–Crippen LogP) is 4.72. The summed E-state index contributed by atoms with van der Waals surface area (Å²) in [5.74, 6) is 0. The van der Waals surface area contributed by atoms with Gasteiger partial charge in [-0.05, 0) is 37.5 Å². The minimum atomic E-state index is 0.664. The molecule has 0 fully saturated rings. The third-order valence-corrected chi connectivity index (χ3v) is 3.68. The molecule has 0 amide bonds. The zero-order valence-corrected chi connectivity index (χ0v) is 11.1. The van der Waals surface area contributed by atoms with Crippen molar-refractivity contribution in [3.63, 3.8) is 0 Å². The molecule has 1 nitrogen and oxygen atoms in total. The van der Waals surface area contributed by atoms with Crippen molar-refractivity contribution in [3.8, 4) is 0 Å². The molecule has 3 heteroatoms. The summed E-state index contributed by atoms with van der Waals surface area (Å²) in [7, 11) is 0. The zero-order chi connectivity index (χ0) is 11.9. The monoisotopic (exact) mass is 253 g/mol. The largest absolute Gasteiger partial charge is 0.251 e. The van der Waals surface area contributed by atoms with Crippen LogP contribution >= 0.6 is 23.2 Å². The topological polar surface area (TPSA) is 12.9 Å². The second-order valence-electron chi connectivity index (χ2n) is 3.94. The third kappa shape index (κ3) is 1.68. The Balaban J connectivity index is 2.97. The fourth-order valence-electron chi connectivity index (χ4n) is 1.93. The number of benzene rings is 1. The van der Waals surface area contributed by atoms with E-state index in [1.54, 1.807) is 0 Å². The first-order valence-corrected chi connectivity index (χ1v) is 6.05. The lowest BCUT2D eigenvalue weighted by Gasteiger charge is -2.11. The maximum Gasteiger partial charge on any atom is 0.0909 e. The van der Waals surface area contributed by atoms with Gasteiger partial charge in [-0.3, -0.25) is 4.98 Å². The van der Waals surface area contributed by atoms with Crippen molar-refractivity contribution in [1.82, 2.24) is 4.98 Å². The van der Waals surface area contributed by atoms with Crippen molar-refractivity contribution in [1.29, 1.82) is 0 Å². The quantitative estimate of drug-likeness (QED) is 0.717. The van der Waals surface area contributed by atoms with Crippen molar-refractivity contribution in [2.24, 2.45) is 0 Å². The van der Waals surface area contributed by atoms with E-state index < -0.39 is 0 Å². The highest BCUT2D eigenvalue weighted by atomic mass is 35.5. The molecule has 2 rings (SSSR count). The lowest BCUT2D eigenvalue weighted by atomic mass is 10.0. The normalized spacial score (nSPS) is 11.1. The first-order valence-electron chi connectivity index (χ1n) is 5.30. The van der Waals surface area contributed by atoms with Crippen molar-refractivity contribution >= 4 is 34.1 Å². The predicted molar refractivity (Wildman–Crippen MR) is 70.6 cm³/mol. The minimum absolute atomic E-state index is 0.664. The average Bonchev–Trinajstić information content (AvgIpc) is 2.27. The van der Waals surface area contributed by atoms with Crippen molar-refractivity contribution < 1.29 is 0 Å². The number of fused-ring (bicyclic) bond motifs is 1. The highest BCUT2D eigenvalue weighted by Crippen LogP contribution is 2.33. The van der Waals surface area contributed by atoms with Gasteiger partial charge in [0.1, 0.15) is 0 Å². The van der Waals surface area contributed by atoms with Crippen LogP contribution in [-0.4, -0.2) is 4.98 Å². The fourth-order valence-corrected chi connectivity index (χ4v) is 2.48. The summed E-state index contributed by atoms with van der Waals surface area (Å²) < 4.78 is 0. The number of nitrogens with zero attached hydrogens (tertiary/aromatic N) is 1. The molecule has 2 aromatic rings. The Labute approximate surface area is 105 Å². The van der Waals surface area contributed by atoms with Crippen molar-refractivity contribution in [2.75, 3.05) is 0 Å². The second kappa shape index (κ2) is 4.23. The lowest BCUT2D eigenvalue weighted by molar-refractivity contribution is 1.03. The molecule has 1 aromatic carbocycles. The molecule has 0 spiro atoms.